The number of nitrogens with zero attached hydrogens (tertiary/aromatic N) is 2. The summed E-state index contributed by atoms with van der Waals surface area (Å²) in [7, 11) is 5.45. The Morgan fingerprint density at radius 2 is 1.22 bits per heavy atom. The number of aryl methyl sites for hydroxylation is 2. The highest BCUT2D eigenvalue weighted by Crippen LogP contribution is 2.25. The van der Waals surface area contributed by atoms with Gasteiger partial charge in [0.2, 0.25) is 5.91 Å². The molecule has 41 heavy (non-hydrogen) atoms. The molecule has 4 rings (SSSR count). The predicted octanol–water partition coefficient (Wildman–Crippen LogP) is 6.34. The van der Waals surface area contributed by atoms with Crippen molar-refractivity contribution in [3.63, 3.8) is 0 Å². The van der Waals surface area contributed by atoms with Crippen LogP contribution in [0.1, 0.15) is 54.1 Å². The van der Waals surface area contributed by atoms with Crippen LogP contribution in [0.15, 0.2) is 73.1 Å². The number of aromatic nitrogens is 2. The number of hydrogen-bond acceptors (Lipinski definition) is 4. The van der Waals surface area contributed by atoms with Gasteiger partial charge in [-0.3, -0.25) is 14.4 Å². The molecular formula is C32H38N6O3. The molecule has 0 unspecified atom stereocenters. The van der Waals surface area contributed by atoms with Crippen LogP contribution >= 0.6 is 0 Å². The van der Waals surface area contributed by atoms with Crippen molar-refractivity contribution >= 4 is 40.5 Å². The lowest BCUT2D eigenvalue weighted by Crippen LogP contribution is -2.15. The van der Waals surface area contributed by atoms with Gasteiger partial charge in [-0.2, -0.15) is 0 Å². The molecule has 0 saturated heterocycles. The minimum absolute atomic E-state index is 0.0523. The van der Waals surface area contributed by atoms with Crippen LogP contribution in [0.25, 0.3) is 11.1 Å². The molecule has 0 aliphatic rings. The lowest BCUT2D eigenvalue weighted by Gasteiger charge is -2.07. The van der Waals surface area contributed by atoms with E-state index in [4.69, 9.17) is 0 Å². The lowest BCUT2D eigenvalue weighted by atomic mass is 10.1. The van der Waals surface area contributed by atoms with Gasteiger partial charge in [-0.1, -0.05) is 32.4 Å². The third-order valence-corrected chi connectivity index (χ3v) is 6.85. The first kappa shape index (κ1) is 29.2. The van der Waals surface area contributed by atoms with Crippen molar-refractivity contribution < 1.29 is 14.4 Å². The Balaban J connectivity index is 1.36. The maximum Gasteiger partial charge on any atom is 0.272 e. The summed E-state index contributed by atoms with van der Waals surface area (Å²) in [6.45, 7) is 4.28. The van der Waals surface area contributed by atoms with Crippen LogP contribution < -0.4 is 21.3 Å². The number of carbonyl (C=O) groups is 3. The molecule has 9 heteroatoms. The van der Waals surface area contributed by atoms with Gasteiger partial charge in [0, 0.05) is 62.6 Å². The summed E-state index contributed by atoms with van der Waals surface area (Å²) in [6, 6.07) is 18.5. The summed E-state index contributed by atoms with van der Waals surface area (Å²) in [5.74, 6) is 0.0343. The van der Waals surface area contributed by atoms with Gasteiger partial charge >= 0.3 is 0 Å². The van der Waals surface area contributed by atoms with Crippen molar-refractivity contribution in [3.8, 4) is 11.1 Å². The molecule has 214 valence electrons. The average Bonchev–Trinajstić information content (AvgIpc) is 3.51. The quantitative estimate of drug-likeness (QED) is 0.173. The molecule has 0 saturated carbocycles. The second-order valence-corrected chi connectivity index (χ2v) is 10.6. The molecule has 0 fully saturated rings. The first-order valence-electron chi connectivity index (χ1n) is 13.8. The van der Waals surface area contributed by atoms with Gasteiger partial charge in [0.05, 0.1) is 5.69 Å². The molecule has 2 aromatic carbocycles. The van der Waals surface area contributed by atoms with E-state index in [9.17, 15) is 14.4 Å². The topological polar surface area (TPSA) is 109 Å². The van der Waals surface area contributed by atoms with Crippen molar-refractivity contribution in [2.75, 3.05) is 28.3 Å². The van der Waals surface area contributed by atoms with Gasteiger partial charge in [-0.15, -0.1) is 0 Å². The average molecular weight is 555 g/mol. The Bertz CT molecular complexity index is 1510. The predicted molar refractivity (Wildman–Crippen MR) is 165 cm³/mol. The molecule has 0 aliphatic carbocycles. The number of carbonyl (C=O) groups excluding carboxylic acids is 3. The number of nitrogens with one attached hydrogen (secondary N) is 4. The second kappa shape index (κ2) is 13.0. The number of benzene rings is 2. The monoisotopic (exact) mass is 554 g/mol. The van der Waals surface area contributed by atoms with E-state index < -0.39 is 0 Å². The zero-order valence-electron chi connectivity index (χ0n) is 24.2. The largest absolute Gasteiger partial charge is 0.388 e. The number of anilines is 4. The van der Waals surface area contributed by atoms with Gasteiger partial charge in [0.25, 0.3) is 11.8 Å². The van der Waals surface area contributed by atoms with Gasteiger partial charge < -0.3 is 30.4 Å². The Hall–Kier alpha value is -4.79. The van der Waals surface area contributed by atoms with Gasteiger partial charge in [-0.05, 0) is 66.4 Å². The summed E-state index contributed by atoms with van der Waals surface area (Å²) in [5.41, 5.74) is 5.68. The molecular weight excluding hydrogens is 516 g/mol. The van der Waals surface area contributed by atoms with Crippen LogP contribution in [0.3, 0.4) is 0 Å². The molecule has 3 amide bonds. The molecule has 0 atom stereocenters. The first-order chi connectivity index (χ1) is 19.6. The van der Waals surface area contributed by atoms with E-state index in [0.29, 0.717) is 40.8 Å². The van der Waals surface area contributed by atoms with Gasteiger partial charge in [-0.25, -0.2) is 0 Å². The van der Waals surface area contributed by atoms with E-state index in [1.165, 1.54) is 0 Å². The molecule has 0 radical (unpaired) electrons. The van der Waals surface area contributed by atoms with Crippen LogP contribution in [-0.2, 0) is 18.9 Å². The maximum absolute atomic E-state index is 12.9. The summed E-state index contributed by atoms with van der Waals surface area (Å²) < 4.78 is 3.48. The molecule has 0 aliphatic heterocycles. The standard InChI is InChI=1S/C32H38N6O3/c1-21(2)7-6-8-30(39)34-27-18-29(38(5)20-27)32(41)35-25-11-9-22(10-12-25)23-17-28(37(4)19-23)31(40)36-26-15-13-24(33-3)14-16-26/h9-21,33H,6-8H2,1-5H3,(H,34,39)(H,35,41)(H,36,40). The lowest BCUT2D eigenvalue weighted by molar-refractivity contribution is -0.116. The maximum atomic E-state index is 12.9. The molecule has 0 bridgehead atoms. The van der Waals surface area contributed by atoms with Crippen molar-refractivity contribution in [3.05, 3.63) is 84.4 Å². The zero-order valence-corrected chi connectivity index (χ0v) is 24.2. The molecule has 4 aromatic rings. The Kier molecular flexibility index (Phi) is 9.29. The minimum atomic E-state index is -0.276. The Morgan fingerprint density at radius 3 is 1.80 bits per heavy atom. The van der Waals surface area contributed by atoms with Crippen LogP contribution in [0.2, 0.25) is 0 Å². The van der Waals surface area contributed by atoms with Crippen molar-refractivity contribution in [1.29, 1.82) is 0 Å². The van der Waals surface area contributed by atoms with Crippen LogP contribution in [-0.4, -0.2) is 33.9 Å². The number of amides is 3. The first-order valence-corrected chi connectivity index (χ1v) is 13.8. The third kappa shape index (κ3) is 7.66. The van der Waals surface area contributed by atoms with E-state index in [1.807, 2.05) is 74.9 Å². The van der Waals surface area contributed by atoms with Crippen LogP contribution in [0, 0.1) is 5.92 Å². The van der Waals surface area contributed by atoms with E-state index in [0.717, 1.165) is 29.7 Å². The zero-order chi connectivity index (χ0) is 29.5. The van der Waals surface area contributed by atoms with Gasteiger partial charge in [0.1, 0.15) is 11.4 Å². The molecule has 9 nitrogen and oxygen atoms in total. The highest BCUT2D eigenvalue weighted by molar-refractivity contribution is 6.05. The smallest absolute Gasteiger partial charge is 0.272 e. The van der Waals surface area contributed by atoms with Crippen molar-refractivity contribution in [2.45, 2.75) is 33.1 Å². The van der Waals surface area contributed by atoms with Gasteiger partial charge in [0.15, 0.2) is 0 Å². The number of hydrogen-bond donors (Lipinski definition) is 4. The number of rotatable bonds is 11. The summed E-state index contributed by atoms with van der Waals surface area (Å²) >= 11 is 0. The van der Waals surface area contributed by atoms with Crippen LogP contribution in [0.4, 0.5) is 22.7 Å². The fourth-order valence-electron chi connectivity index (χ4n) is 4.56. The van der Waals surface area contributed by atoms with E-state index in [-0.39, 0.29) is 17.7 Å². The Labute approximate surface area is 241 Å². The SMILES string of the molecule is CNc1ccc(NC(=O)c2cc(-c3ccc(NC(=O)c4cc(NC(=O)CCCC(C)C)cn4C)cc3)cn2C)cc1. The molecule has 4 N–H and O–H groups in total. The Morgan fingerprint density at radius 1 is 0.683 bits per heavy atom. The molecule has 2 aromatic heterocycles. The van der Waals surface area contributed by atoms with E-state index in [2.05, 4.69) is 35.1 Å². The van der Waals surface area contributed by atoms with Crippen molar-refractivity contribution in [1.82, 2.24) is 9.13 Å². The van der Waals surface area contributed by atoms with Crippen molar-refractivity contribution in [2.24, 2.45) is 20.0 Å². The van der Waals surface area contributed by atoms with E-state index >= 15 is 0 Å². The molecule has 2 heterocycles. The highest BCUT2D eigenvalue weighted by Gasteiger charge is 2.16. The third-order valence-electron chi connectivity index (χ3n) is 6.85. The van der Waals surface area contributed by atoms with E-state index in [1.54, 1.807) is 28.4 Å². The second-order valence-electron chi connectivity index (χ2n) is 10.6. The summed E-state index contributed by atoms with van der Waals surface area (Å²) in [5, 5.41) is 11.8. The molecule has 0 spiro atoms. The fraction of sp³-hybridized carbons (Fsp3) is 0.281. The highest BCUT2D eigenvalue weighted by atomic mass is 16.2. The summed E-state index contributed by atoms with van der Waals surface area (Å²) in [4.78, 5) is 38.1. The fourth-order valence-corrected chi connectivity index (χ4v) is 4.56. The normalized spacial score (nSPS) is 10.9. The van der Waals surface area contributed by atoms with Crippen LogP contribution in [0.5, 0.6) is 0 Å². The summed E-state index contributed by atoms with van der Waals surface area (Å²) in [6.07, 6.45) is 5.93. The minimum Gasteiger partial charge on any atom is -0.388 e.